The van der Waals surface area contributed by atoms with Gasteiger partial charge in [0.1, 0.15) is 12.0 Å². The number of nitrogens with one attached hydrogen (secondary N) is 1. The third kappa shape index (κ3) is 3.44. The van der Waals surface area contributed by atoms with E-state index < -0.39 is 4.92 Å². The van der Waals surface area contributed by atoms with Crippen LogP contribution >= 0.6 is 0 Å². The molecule has 1 aromatic carbocycles. The molecule has 0 radical (unpaired) electrons. The van der Waals surface area contributed by atoms with Crippen molar-refractivity contribution in [3.8, 4) is 11.5 Å². The lowest BCUT2D eigenvalue weighted by Gasteiger charge is -2.05. The molecule has 0 aliphatic rings. The van der Waals surface area contributed by atoms with Crippen LogP contribution in [0, 0.1) is 10.1 Å². The van der Waals surface area contributed by atoms with E-state index in [1.807, 2.05) is 0 Å². The second-order valence-corrected chi connectivity index (χ2v) is 3.93. The average Bonchev–Trinajstić information content (AvgIpc) is 2.49. The van der Waals surface area contributed by atoms with E-state index in [-0.39, 0.29) is 11.4 Å². The Morgan fingerprint density at radius 2 is 2.24 bits per heavy atom. The van der Waals surface area contributed by atoms with Gasteiger partial charge in [-0.3, -0.25) is 15.5 Å². The van der Waals surface area contributed by atoms with E-state index >= 15 is 0 Å². The van der Waals surface area contributed by atoms with Crippen LogP contribution in [0.4, 0.5) is 11.5 Å². The number of para-hydroxylation sites is 1. The monoisotopic (exact) mass is 288 g/mol. The van der Waals surface area contributed by atoms with E-state index in [4.69, 9.17) is 4.74 Å². The Balaban J connectivity index is 2.07. The molecule has 0 saturated heterocycles. The van der Waals surface area contributed by atoms with Gasteiger partial charge in [0.25, 0.3) is 5.69 Å². The molecule has 1 aromatic heterocycles. The van der Waals surface area contributed by atoms with Crippen molar-refractivity contribution >= 4 is 17.7 Å². The van der Waals surface area contributed by atoms with Crippen molar-refractivity contribution in [2.45, 2.75) is 0 Å². The van der Waals surface area contributed by atoms with E-state index in [0.29, 0.717) is 17.1 Å². The van der Waals surface area contributed by atoms with Gasteiger partial charge in [-0.15, -0.1) is 0 Å². The van der Waals surface area contributed by atoms with E-state index in [9.17, 15) is 15.2 Å². The van der Waals surface area contributed by atoms with E-state index in [0.717, 1.165) is 6.20 Å². The summed E-state index contributed by atoms with van der Waals surface area (Å²) in [7, 11) is 1.45. The van der Waals surface area contributed by atoms with Crippen LogP contribution in [0.25, 0.3) is 0 Å². The van der Waals surface area contributed by atoms with Gasteiger partial charge in [0.15, 0.2) is 11.5 Å². The normalized spacial score (nSPS) is 10.5. The number of pyridine rings is 1. The largest absolute Gasteiger partial charge is 0.504 e. The highest BCUT2D eigenvalue weighted by molar-refractivity contribution is 5.85. The Kier molecular flexibility index (Phi) is 4.30. The first-order chi connectivity index (χ1) is 10.1. The van der Waals surface area contributed by atoms with Crippen LogP contribution in [-0.2, 0) is 0 Å². The molecule has 21 heavy (non-hydrogen) atoms. The summed E-state index contributed by atoms with van der Waals surface area (Å²) in [5.41, 5.74) is 2.97. The van der Waals surface area contributed by atoms with Crippen molar-refractivity contribution in [1.82, 2.24) is 4.98 Å². The number of benzene rings is 1. The SMILES string of the molecule is COc1cccc(C=NNc2ccc([N+](=O)[O-])cn2)c1O. The molecule has 2 rings (SSSR count). The van der Waals surface area contributed by atoms with Crippen LogP contribution in [0.1, 0.15) is 5.56 Å². The van der Waals surface area contributed by atoms with Gasteiger partial charge in [-0.05, 0) is 18.2 Å². The maximum absolute atomic E-state index is 10.5. The zero-order valence-corrected chi connectivity index (χ0v) is 11.1. The summed E-state index contributed by atoms with van der Waals surface area (Å²) in [5.74, 6) is 0.661. The number of hydrazone groups is 1. The molecule has 0 aliphatic heterocycles. The van der Waals surface area contributed by atoms with Crippen LogP contribution in [0.2, 0.25) is 0 Å². The molecule has 0 amide bonds. The van der Waals surface area contributed by atoms with E-state index in [1.54, 1.807) is 18.2 Å². The van der Waals surface area contributed by atoms with Crippen LogP contribution < -0.4 is 10.2 Å². The Morgan fingerprint density at radius 1 is 1.43 bits per heavy atom. The Morgan fingerprint density at radius 3 is 2.86 bits per heavy atom. The van der Waals surface area contributed by atoms with Crippen molar-refractivity contribution in [1.29, 1.82) is 0 Å². The summed E-state index contributed by atoms with van der Waals surface area (Å²) in [4.78, 5) is 13.8. The van der Waals surface area contributed by atoms with Crippen molar-refractivity contribution in [3.63, 3.8) is 0 Å². The number of aromatic nitrogens is 1. The van der Waals surface area contributed by atoms with Gasteiger partial charge < -0.3 is 9.84 Å². The molecule has 8 heteroatoms. The highest BCUT2D eigenvalue weighted by atomic mass is 16.6. The summed E-state index contributed by atoms with van der Waals surface area (Å²) >= 11 is 0. The summed E-state index contributed by atoms with van der Waals surface area (Å²) in [6, 6.07) is 7.74. The molecule has 0 bridgehead atoms. The molecular weight excluding hydrogens is 276 g/mol. The fraction of sp³-hybridized carbons (Fsp3) is 0.0769. The maximum Gasteiger partial charge on any atom is 0.287 e. The predicted molar refractivity (Wildman–Crippen MR) is 76.8 cm³/mol. The minimum Gasteiger partial charge on any atom is -0.504 e. The Bertz CT molecular complexity index is 670. The first-order valence-corrected chi connectivity index (χ1v) is 5.87. The molecule has 0 fully saturated rings. The molecule has 8 nitrogen and oxygen atoms in total. The smallest absolute Gasteiger partial charge is 0.287 e. The highest BCUT2D eigenvalue weighted by Gasteiger charge is 2.06. The van der Waals surface area contributed by atoms with Gasteiger partial charge in [0.05, 0.1) is 18.2 Å². The summed E-state index contributed by atoms with van der Waals surface area (Å²) < 4.78 is 4.98. The molecule has 0 spiro atoms. The van der Waals surface area contributed by atoms with Gasteiger partial charge in [-0.25, -0.2) is 4.98 Å². The van der Waals surface area contributed by atoms with E-state index in [2.05, 4.69) is 15.5 Å². The number of phenols is 1. The lowest BCUT2D eigenvalue weighted by molar-refractivity contribution is -0.385. The zero-order chi connectivity index (χ0) is 15.2. The topological polar surface area (TPSA) is 110 Å². The molecule has 0 unspecified atom stereocenters. The predicted octanol–water partition coefficient (Wildman–Crippen LogP) is 2.15. The number of hydrogen-bond donors (Lipinski definition) is 2. The van der Waals surface area contributed by atoms with Gasteiger partial charge in [0.2, 0.25) is 0 Å². The first kappa shape index (κ1) is 14.3. The number of methoxy groups -OCH3 is 1. The molecular formula is C13H12N4O4. The average molecular weight is 288 g/mol. The second-order valence-electron chi connectivity index (χ2n) is 3.93. The first-order valence-electron chi connectivity index (χ1n) is 5.87. The number of hydrogen-bond acceptors (Lipinski definition) is 7. The number of nitrogens with zero attached hydrogens (tertiary/aromatic N) is 3. The highest BCUT2D eigenvalue weighted by Crippen LogP contribution is 2.27. The van der Waals surface area contributed by atoms with Gasteiger partial charge in [0, 0.05) is 11.6 Å². The van der Waals surface area contributed by atoms with Crippen molar-refractivity contribution < 1.29 is 14.8 Å². The molecule has 108 valence electrons. The van der Waals surface area contributed by atoms with Crippen molar-refractivity contribution in [3.05, 3.63) is 52.2 Å². The molecule has 0 saturated carbocycles. The number of phenolic OH excluding ortho intramolecular Hbond substituents is 1. The van der Waals surface area contributed by atoms with Crippen molar-refractivity contribution in [2.24, 2.45) is 5.10 Å². The van der Waals surface area contributed by atoms with Gasteiger partial charge >= 0.3 is 0 Å². The summed E-state index contributed by atoms with van der Waals surface area (Å²) in [6.45, 7) is 0. The molecule has 1 heterocycles. The standard InChI is InChI=1S/C13H12N4O4/c1-21-11-4-2-3-9(13(11)18)7-15-16-12-6-5-10(8-14-12)17(19)20/h2-8,18H,1H3,(H,14,16). The lowest BCUT2D eigenvalue weighted by atomic mass is 10.2. The van der Waals surface area contributed by atoms with Gasteiger partial charge in [-0.1, -0.05) is 6.07 Å². The maximum atomic E-state index is 10.5. The Hall–Kier alpha value is -3.16. The molecule has 2 aromatic rings. The fourth-order valence-electron chi connectivity index (χ4n) is 1.54. The molecule has 0 aliphatic carbocycles. The number of rotatable bonds is 5. The van der Waals surface area contributed by atoms with Crippen molar-refractivity contribution in [2.75, 3.05) is 12.5 Å². The number of ether oxygens (including phenoxy) is 1. The number of nitro groups is 1. The third-order valence-corrected chi connectivity index (χ3v) is 2.59. The fourth-order valence-corrected chi connectivity index (χ4v) is 1.54. The van der Waals surface area contributed by atoms with E-state index in [1.165, 1.54) is 25.5 Å². The molecule has 0 atom stereocenters. The second kappa shape index (κ2) is 6.33. The lowest BCUT2D eigenvalue weighted by Crippen LogP contribution is -1.95. The quantitative estimate of drug-likeness (QED) is 0.495. The minimum atomic E-state index is -0.533. The zero-order valence-electron chi connectivity index (χ0n) is 11.1. The van der Waals surface area contributed by atoms with Crippen LogP contribution in [0.5, 0.6) is 11.5 Å². The van der Waals surface area contributed by atoms with Gasteiger partial charge in [-0.2, -0.15) is 5.10 Å². The summed E-state index contributed by atoms with van der Waals surface area (Å²) in [6.07, 6.45) is 2.52. The minimum absolute atomic E-state index is 0.0257. The van der Waals surface area contributed by atoms with Crippen LogP contribution in [-0.4, -0.2) is 28.3 Å². The Labute approximate surface area is 119 Å². The number of anilines is 1. The van der Waals surface area contributed by atoms with Crippen LogP contribution in [0.15, 0.2) is 41.6 Å². The summed E-state index contributed by atoms with van der Waals surface area (Å²) in [5, 5.41) is 24.2. The van der Waals surface area contributed by atoms with Crippen LogP contribution in [0.3, 0.4) is 0 Å². The number of aromatic hydroxyl groups is 1. The molecule has 2 N–H and O–H groups in total. The third-order valence-electron chi connectivity index (χ3n) is 2.59.